The number of pyridine rings is 1. The number of rotatable bonds is 2. The molecular weight excluding hydrogens is 329 g/mol. The van der Waals surface area contributed by atoms with E-state index < -0.39 is 0 Å². The van der Waals surface area contributed by atoms with Gasteiger partial charge in [-0.05, 0) is 24.3 Å². The molecule has 0 saturated heterocycles. The Morgan fingerprint density at radius 3 is 2.65 bits per heavy atom. The van der Waals surface area contributed by atoms with Gasteiger partial charge in [0.15, 0.2) is 0 Å². The van der Waals surface area contributed by atoms with Crippen LogP contribution in [0.15, 0.2) is 78.2 Å². The predicted octanol–water partition coefficient (Wildman–Crippen LogP) is 4.46. The Bertz CT molecular complexity index is 972. The number of ether oxygens (including phenoxy) is 1. The summed E-state index contributed by atoms with van der Waals surface area (Å²) < 4.78 is 19.6. The van der Waals surface area contributed by atoms with Crippen LogP contribution in [0.4, 0.5) is 4.39 Å². The van der Waals surface area contributed by atoms with E-state index >= 15 is 0 Å². The van der Waals surface area contributed by atoms with Crippen molar-refractivity contribution in [1.82, 2.24) is 9.99 Å². The van der Waals surface area contributed by atoms with Crippen molar-refractivity contribution in [3.63, 3.8) is 0 Å². The number of nitrogens with zero attached hydrogens (tertiary/aromatic N) is 3. The molecule has 1 aromatic heterocycles. The second-order valence-electron chi connectivity index (χ2n) is 6.45. The molecule has 5 rings (SSSR count). The van der Waals surface area contributed by atoms with Crippen LogP contribution >= 0.6 is 0 Å². The minimum Gasteiger partial charge on any atom is -0.464 e. The molecule has 0 spiro atoms. The van der Waals surface area contributed by atoms with Crippen molar-refractivity contribution in [1.29, 1.82) is 0 Å². The van der Waals surface area contributed by atoms with Gasteiger partial charge in [-0.15, -0.1) is 0 Å². The van der Waals surface area contributed by atoms with Gasteiger partial charge in [0.05, 0.1) is 11.8 Å². The number of fused-ring (bicyclic) bond motifs is 3. The van der Waals surface area contributed by atoms with Crippen LogP contribution in [-0.4, -0.2) is 15.7 Å². The SMILES string of the molecule is Fc1ccc([C@H]2Oc3ccccc3[C@H]3CC(c4cccnc4)=NN32)cc1. The van der Waals surface area contributed by atoms with Crippen molar-refractivity contribution in [3.8, 4) is 5.75 Å². The lowest BCUT2D eigenvalue weighted by molar-refractivity contribution is -0.0190. The van der Waals surface area contributed by atoms with Gasteiger partial charge < -0.3 is 4.74 Å². The van der Waals surface area contributed by atoms with Crippen molar-refractivity contribution < 1.29 is 9.13 Å². The Kier molecular flexibility index (Phi) is 3.45. The largest absolute Gasteiger partial charge is 0.464 e. The van der Waals surface area contributed by atoms with Crippen LogP contribution in [0.2, 0.25) is 0 Å². The van der Waals surface area contributed by atoms with Crippen molar-refractivity contribution in [3.05, 3.63) is 95.6 Å². The summed E-state index contributed by atoms with van der Waals surface area (Å²) in [5.41, 5.74) is 3.99. The molecule has 0 fully saturated rings. The lowest BCUT2D eigenvalue weighted by Crippen LogP contribution is -2.33. The number of hydrogen-bond acceptors (Lipinski definition) is 4. The molecule has 26 heavy (non-hydrogen) atoms. The van der Waals surface area contributed by atoms with Crippen LogP contribution in [0.5, 0.6) is 5.75 Å². The van der Waals surface area contributed by atoms with Crippen LogP contribution in [0, 0.1) is 5.82 Å². The third-order valence-corrected chi connectivity index (χ3v) is 4.85. The average Bonchev–Trinajstić information content (AvgIpc) is 3.14. The van der Waals surface area contributed by atoms with Crippen molar-refractivity contribution in [2.75, 3.05) is 0 Å². The molecule has 0 radical (unpaired) electrons. The lowest BCUT2D eigenvalue weighted by atomic mass is 9.96. The van der Waals surface area contributed by atoms with E-state index in [9.17, 15) is 4.39 Å². The zero-order valence-electron chi connectivity index (χ0n) is 13.9. The summed E-state index contributed by atoms with van der Waals surface area (Å²) in [6, 6.07) is 18.5. The third-order valence-electron chi connectivity index (χ3n) is 4.85. The van der Waals surface area contributed by atoms with E-state index in [-0.39, 0.29) is 18.1 Å². The molecule has 2 aromatic carbocycles. The highest BCUT2D eigenvalue weighted by molar-refractivity contribution is 6.01. The molecule has 0 amide bonds. The lowest BCUT2D eigenvalue weighted by Gasteiger charge is -2.38. The summed E-state index contributed by atoms with van der Waals surface area (Å²) >= 11 is 0. The zero-order chi connectivity index (χ0) is 17.5. The van der Waals surface area contributed by atoms with E-state index in [1.165, 1.54) is 12.1 Å². The van der Waals surface area contributed by atoms with Gasteiger partial charge in [-0.25, -0.2) is 9.40 Å². The first-order valence-electron chi connectivity index (χ1n) is 8.57. The maximum atomic E-state index is 13.4. The van der Waals surface area contributed by atoms with Crippen LogP contribution in [-0.2, 0) is 0 Å². The molecule has 0 N–H and O–H groups in total. The van der Waals surface area contributed by atoms with Crippen LogP contribution in [0.1, 0.15) is 35.4 Å². The first kappa shape index (κ1) is 15.1. The molecule has 3 aromatic rings. The quantitative estimate of drug-likeness (QED) is 0.688. The van der Waals surface area contributed by atoms with E-state index in [2.05, 4.69) is 11.1 Å². The van der Waals surface area contributed by atoms with Crippen molar-refractivity contribution in [2.24, 2.45) is 5.10 Å². The van der Waals surface area contributed by atoms with Gasteiger partial charge in [-0.2, -0.15) is 5.10 Å². The topological polar surface area (TPSA) is 37.7 Å². The molecule has 0 aliphatic carbocycles. The molecule has 0 unspecified atom stereocenters. The molecule has 0 saturated carbocycles. The van der Waals surface area contributed by atoms with Gasteiger partial charge in [-0.3, -0.25) is 4.98 Å². The minimum absolute atomic E-state index is 0.0882. The first-order valence-corrected chi connectivity index (χ1v) is 8.57. The fraction of sp³-hybridized carbons (Fsp3) is 0.143. The molecule has 4 nitrogen and oxygen atoms in total. The van der Waals surface area contributed by atoms with Crippen LogP contribution in [0.25, 0.3) is 0 Å². The van der Waals surface area contributed by atoms with E-state index in [0.29, 0.717) is 0 Å². The molecule has 2 aliphatic rings. The average molecular weight is 345 g/mol. The van der Waals surface area contributed by atoms with Gasteiger partial charge >= 0.3 is 0 Å². The number of aromatic nitrogens is 1. The molecule has 0 bridgehead atoms. The highest BCUT2D eigenvalue weighted by Gasteiger charge is 2.40. The monoisotopic (exact) mass is 345 g/mol. The predicted molar refractivity (Wildman–Crippen MR) is 96.2 cm³/mol. The van der Waals surface area contributed by atoms with Gasteiger partial charge in [-0.1, -0.05) is 36.4 Å². The number of benzene rings is 2. The number of hydrogen-bond donors (Lipinski definition) is 0. The van der Waals surface area contributed by atoms with E-state index in [0.717, 1.165) is 34.6 Å². The molecule has 5 heteroatoms. The Balaban J connectivity index is 1.60. The fourth-order valence-electron chi connectivity index (χ4n) is 3.59. The second kappa shape index (κ2) is 5.95. The second-order valence-corrected chi connectivity index (χ2v) is 6.45. The van der Waals surface area contributed by atoms with Crippen LogP contribution < -0.4 is 4.74 Å². The van der Waals surface area contributed by atoms with Gasteiger partial charge in [0.25, 0.3) is 0 Å². The number of halogens is 1. The summed E-state index contributed by atoms with van der Waals surface area (Å²) in [5, 5.41) is 6.83. The Labute approximate surface area is 150 Å². The van der Waals surface area contributed by atoms with E-state index in [4.69, 9.17) is 9.84 Å². The number of hydrazone groups is 1. The molecule has 2 atom stereocenters. The summed E-state index contributed by atoms with van der Waals surface area (Å²) in [4.78, 5) is 4.21. The highest BCUT2D eigenvalue weighted by atomic mass is 19.1. The maximum absolute atomic E-state index is 13.4. The normalized spacial score (nSPS) is 20.8. The molecular formula is C21H16FN3O. The number of para-hydroxylation sites is 1. The Hall–Kier alpha value is -3.21. The van der Waals surface area contributed by atoms with Crippen molar-refractivity contribution in [2.45, 2.75) is 18.7 Å². The minimum atomic E-state index is -0.385. The maximum Gasteiger partial charge on any atom is 0.213 e. The van der Waals surface area contributed by atoms with E-state index in [1.807, 2.05) is 41.5 Å². The molecule has 128 valence electrons. The summed E-state index contributed by atoms with van der Waals surface area (Å²) in [6.07, 6.45) is 3.98. The summed E-state index contributed by atoms with van der Waals surface area (Å²) in [6.45, 7) is 0. The molecule has 2 aliphatic heterocycles. The van der Waals surface area contributed by atoms with Crippen LogP contribution in [0.3, 0.4) is 0 Å². The Morgan fingerprint density at radius 2 is 1.85 bits per heavy atom. The highest BCUT2D eigenvalue weighted by Crippen LogP contribution is 2.47. The van der Waals surface area contributed by atoms with Gasteiger partial charge in [0.2, 0.25) is 6.23 Å². The zero-order valence-corrected chi connectivity index (χ0v) is 13.9. The summed E-state index contributed by atoms with van der Waals surface area (Å²) in [7, 11) is 0. The molecule has 3 heterocycles. The smallest absolute Gasteiger partial charge is 0.213 e. The van der Waals surface area contributed by atoms with Gasteiger partial charge in [0, 0.05) is 35.5 Å². The first-order chi connectivity index (χ1) is 12.8. The van der Waals surface area contributed by atoms with Crippen molar-refractivity contribution >= 4 is 5.71 Å². The van der Waals surface area contributed by atoms with E-state index in [1.54, 1.807) is 18.3 Å². The van der Waals surface area contributed by atoms with Gasteiger partial charge in [0.1, 0.15) is 11.6 Å². The third kappa shape index (κ3) is 2.44. The Morgan fingerprint density at radius 1 is 1.00 bits per heavy atom. The fourth-order valence-corrected chi connectivity index (χ4v) is 3.59. The summed E-state index contributed by atoms with van der Waals surface area (Å²) in [5.74, 6) is 0.591. The standard InChI is InChI=1S/C21H16FN3O/c22-16-9-7-14(8-10-16)21-25-19(17-5-1-2-6-20(17)26-21)12-18(24-25)15-4-3-11-23-13-15/h1-11,13,19,21H,12H2/t19-,21-/m1/s1.